The number of hydrogen-bond donors (Lipinski definition) is 0. The van der Waals surface area contributed by atoms with Gasteiger partial charge in [-0.25, -0.2) is 0 Å². The summed E-state index contributed by atoms with van der Waals surface area (Å²) in [6.45, 7) is 1.96. The minimum atomic E-state index is -0.252. The van der Waals surface area contributed by atoms with Crippen molar-refractivity contribution in [3.63, 3.8) is 0 Å². The maximum absolute atomic E-state index is 11.4. The van der Waals surface area contributed by atoms with Crippen LogP contribution >= 0.6 is 0 Å². The van der Waals surface area contributed by atoms with E-state index in [4.69, 9.17) is 4.74 Å². The number of benzene rings is 1. The molecule has 0 N–H and O–H groups in total. The van der Waals surface area contributed by atoms with Gasteiger partial charge in [0.05, 0.1) is 5.92 Å². The molecule has 2 fully saturated rings. The van der Waals surface area contributed by atoms with Crippen molar-refractivity contribution in [2.75, 3.05) is 0 Å². The summed E-state index contributed by atoms with van der Waals surface area (Å²) in [4.78, 5) is 11.4. The van der Waals surface area contributed by atoms with Crippen LogP contribution in [0.5, 0.6) is 0 Å². The number of hydrogen-bond acceptors (Lipinski definition) is 2. The average Bonchev–Trinajstić information content (AvgIpc) is 2.88. The van der Waals surface area contributed by atoms with Gasteiger partial charge in [0.1, 0.15) is 5.60 Å². The topological polar surface area (TPSA) is 26.3 Å². The first-order valence-corrected chi connectivity index (χ1v) is 5.02. The monoisotopic (exact) mass is 188 g/mol. The summed E-state index contributed by atoms with van der Waals surface area (Å²) in [5.74, 6) is 0.456. The van der Waals surface area contributed by atoms with Gasteiger partial charge in [-0.15, -0.1) is 0 Å². The van der Waals surface area contributed by atoms with Crippen LogP contribution < -0.4 is 0 Å². The second-order valence-corrected chi connectivity index (χ2v) is 4.28. The van der Waals surface area contributed by atoms with E-state index in [9.17, 15) is 4.79 Å². The zero-order chi connectivity index (χ0) is 9.76. The summed E-state index contributed by atoms with van der Waals surface area (Å²) in [5.41, 5.74) is 0.903. The molecule has 1 heterocycles. The summed E-state index contributed by atoms with van der Waals surface area (Å²) < 4.78 is 5.48. The molecule has 1 aliphatic heterocycles. The zero-order valence-corrected chi connectivity index (χ0v) is 8.07. The van der Waals surface area contributed by atoms with Crippen LogP contribution in [0.4, 0.5) is 0 Å². The van der Waals surface area contributed by atoms with E-state index in [-0.39, 0.29) is 17.5 Å². The highest BCUT2D eigenvalue weighted by Gasteiger charge is 2.67. The van der Waals surface area contributed by atoms with Crippen LogP contribution in [0.2, 0.25) is 0 Å². The van der Waals surface area contributed by atoms with Crippen LogP contribution in [0.3, 0.4) is 0 Å². The van der Waals surface area contributed by atoms with Crippen LogP contribution in [0.25, 0.3) is 0 Å². The molecule has 0 aromatic heterocycles. The third-order valence-corrected chi connectivity index (χ3v) is 3.48. The largest absolute Gasteiger partial charge is 0.454 e. The van der Waals surface area contributed by atoms with Crippen molar-refractivity contribution in [2.24, 2.45) is 11.8 Å². The maximum atomic E-state index is 11.4. The molecule has 1 saturated heterocycles. The first-order valence-electron chi connectivity index (χ1n) is 5.02. The minimum Gasteiger partial charge on any atom is -0.454 e. The standard InChI is InChI=1S/C12H12O2/c1-8-10-7-12(10,14-11(8)13)9-5-3-2-4-6-9/h2-6,8,10H,7H2,1H3/t8-,10-,12+/m1/s1. The van der Waals surface area contributed by atoms with Gasteiger partial charge in [-0.3, -0.25) is 4.79 Å². The smallest absolute Gasteiger partial charge is 0.310 e. The molecule has 0 bridgehead atoms. The van der Waals surface area contributed by atoms with E-state index in [1.165, 1.54) is 0 Å². The molecule has 2 nitrogen and oxygen atoms in total. The van der Waals surface area contributed by atoms with Crippen LogP contribution in [0, 0.1) is 11.8 Å². The molecule has 2 aliphatic rings. The molecule has 3 rings (SSSR count). The molecule has 2 heteroatoms. The molecule has 72 valence electrons. The number of fused-ring (bicyclic) bond motifs is 1. The SMILES string of the molecule is C[C@H]1C(=O)O[C@]2(c3ccccc3)C[C@H]12. The molecule has 14 heavy (non-hydrogen) atoms. The highest BCUT2D eigenvalue weighted by atomic mass is 16.6. The molecule has 0 amide bonds. The van der Waals surface area contributed by atoms with Crippen LogP contribution in [-0.4, -0.2) is 5.97 Å². The third kappa shape index (κ3) is 0.834. The molecule has 1 aromatic carbocycles. The van der Waals surface area contributed by atoms with Crippen molar-refractivity contribution in [1.82, 2.24) is 0 Å². The van der Waals surface area contributed by atoms with Gasteiger partial charge in [-0.2, -0.15) is 0 Å². The quantitative estimate of drug-likeness (QED) is 0.631. The van der Waals surface area contributed by atoms with E-state index in [2.05, 4.69) is 0 Å². The number of carbonyl (C=O) groups excluding carboxylic acids is 1. The van der Waals surface area contributed by atoms with Gasteiger partial charge in [0, 0.05) is 5.92 Å². The van der Waals surface area contributed by atoms with Gasteiger partial charge in [0.2, 0.25) is 0 Å². The predicted molar refractivity (Wildman–Crippen MR) is 51.5 cm³/mol. The first kappa shape index (κ1) is 8.04. The lowest BCUT2D eigenvalue weighted by molar-refractivity contribution is -0.148. The van der Waals surface area contributed by atoms with Crippen LogP contribution in [0.1, 0.15) is 18.9 Å². The van der Waals surface area contributed by atoms with Gasteiger partial charge in [-0.1, -0.05) is 37.3 Å². The lowest BCUT2D eigenvalue weighted by Gasteiger charge is -2.12. The van der Waals surface area contributed by atoms with Crippen molar-refractivity contribution in [3.05, 3.63) is 35.9 Å². The second kappa shape index (κ2) is 2.38. The summed E-state index contributed by atoms with van der Waals surface area (Å²) in [6, 6.07) is 10.1. The van der Waals surface area contributed by atoms with Gasteiger partial charge in [-0.05, 0) is 12.0 Å². The van der Waals surface area contributed by atoms with E-state index < -0.39 is 0 Å². The molecule has 0 radical (unpaired) electrons. The average molecular weight is 188 g/mol. The third-order valence-electron chi connectivity index (χ3n) is 3.48. The van der Waals surface area contributed by atoms with E-state index in [1.807, 2.05) is 37.3 Å². The van der Waals surface area contributed by atoms with Crippen molar-refractivity contribution < 1.29 is 9.53 Å². The number of carbonyl (C=O) groups is 1. The molecular formula is C12H12O2. The molecule has 0 spiro atoms. The Morgan fingerprint density at radius 1 is 1.36 bits per heavy atom. The van der Waals surface area contributed by atoms with E-state index in [0.717, 1.165) is 12.0 Å². The molecule has 1 aliphatic carbocycles. The maximum Gasteiger partial charge on any atom is 0.310 e. The Balaban J connectivity index is 1.99. The van der Waals surface area contributed by atoms with Crippen molar-refractivity contribution in [3.8, 4) is 0 Å². The Bertz CT molecular complexity index is 385. The normalized spacial score (nSPS) is 39.1. The van der Waals surface area contributed by atoms with E-state index in [0.29, 0.717) is 5.92 Å². The van der Waals surface area contributed by atoms with E-state index >= 15 is 0 Å². The fraction of sp³-hybridized carbons (Fsp3) is 0.417. The lowest BCUT2D eigenvalue weighted by Crippen LogP contribution is -2.12. The fourth-order valence-corrected chi connectivity index (χ4v) is 2.51. The Hall–Kier alpha value is -1.31. The van der Waals surface area contributed by atoms with Crippen LogP contribution in [0.15, 0.2) is 30.3 Å². The summed E-state index contributed by atoms with van der Waals surface area (Å²) >= 11 is 0. The van der Waals surface area contributed by atoms with Gasteiger partial charge in [0.15, 0.2) is 0 Å². The Kier molecular flexibility index (Phi) is 1.37. The minimum absolute atomic E-state index is 0.0369. The molecular weight excluding hydrogens is 176 g/mol. The van der Waals surface area contributed by atoms with Gasteiger partial charge < -0.3 is 4.74 Å². The highest BCUT2D eigenvalue weighted by Crippen LogP contribution is 2.63. The van der Waals surface area contributed by atoms with Gasteiger partial charge >= 0.3 is 5.97 Å². The zero-order valence-electron chi connectivity index (χ0n) is 8.07. The lowest BCUT2D eigenvalue weighted by atomic mass is 10.0. The number of rotatable bonds is 1. The van der Waals surface area contributed by atoms with Gasteiger partial charge in [0.25, 0.3) is 0 Å². The molecule has 1 saturated carbocycles. The summed E-state index contributed by atoms with van der Waals surface area (Å²) in [5, 5.41) is 0. The first-order chi connectivity index (χ1) is 6.74. The Morgan fingerprint density at radius 3 is 2.64 bits per heavy atom. The molecule has 3 atom stereocenters. The number of esters is 1. The van der Waals surface area contributed by atoms with E-state index in [1.54, 1.807) is 0 Å². The van der Waals surface area contributed by atoms with Crippen LogP contribution in [-0.2, 0) is 15.1 Å². The Labute approximate surface area is 82.9 Å². The fourth-order valence-electron chi connectivity index (χ4n) is 2.51. The van der Waals surface area contributed by atoms with Crippen molar-refractivity contribution in [2.45, 2.75) is 18.9 Å². The summed E-state index contributed by atoms with van der Waals surface area (Å²) in [6.07, 6.45) is 1.00. The molecule has 1 aromatic rings. The molecule has 0 unspecified atom stereocenters. The number of ether oxygens (including phenoxy) is 1. The van der Waals surface area contributed by atoms with Crippen molar-refractivity contribution >= 4 is 5.97 Å². The second-order valence-electron chi connectivity index (χ2n) is 4.28. The summed E-state index contributed by atoms with van der Waals surface area (Å²) in [7, 11) is 0. The van der Waals surface area contributed by atoms with Crippen molar-refractivity contribution in [1.29, 1.82) is 0 Å². The Morgan fingerprint density at radius 2 is 2.07 bits per heavy atom. The predicted octanol–water partition coefficient (Wildman–Crippen LogP) is 2.09. The highest BCUT2D eigenvalue weighted by molar-refractivity contribution is 5.78.